The number of hydrogen-bond acceptors (Lipinski definition) is 2. The normalized spacial score (nSPS) is 10.3. The molecule has 4 heteroatoms. The van der Waals surface area contributed by atoms with Crippen LogP contribution in [-0.2, 0) is 0 Å². The van der Waals surface area contributed by atoms with Crippen LogP contribution in [0.5, 0.6) is 5.75 Å². The van der Waals surface area contributed by atoms with Crippen LogP contribution in [0.4, 0.5) is 8.78 Å². The number of aromatic nitrogens is 1. The molecule has 15 heavy (non-hydrogen) atoms. The van der Waals surface area contributed by atoms with Gasteiger partial charge in [-0.25, -0.2) is 8.78 Å². The highest BCUT2D eigenvalue weighted by Gasteiger charge is 2.11. The SMILES string of the molecule is Oc1cc(-c2ccccn2)c(F)cc1F. The summed E-state index contributed by atoms with van der Waals surface area (Å²) in [5.74, 6) is -2.31. The maximum Gasteiger partial charge on any atom is 0.167 e. The zero-order chi connectivity index (χ0) is 10.8. The van der Waals surface area contributed by atoms with E-state index >= 15 is 0 Å². The lowest BCUT2D eigenvalue weighted by molar-refractivity contribution is 0.428. The van der Waals surface area contributed by atoms with Gasteiger partial charge < -0.3 is 5.11 Å². The van der Waals surface area contributed by atoms with Crippen molar-refractivity contribution in [3.05, 3.63) is 48.2 Å². The van der Waals surface area contributed by atoms with Gasteiger partial charge >= 0.3 is 0 Å². The maximum atomic E-state index is 13.3. The Morgan fingerprint density at radius 2 is 1.87 bits per heavy atom. The standard InChI is InChI=1S/C11H7F2NO/c12-8-6-9(13)11(15)5-7(8)10-3-1-2-4-14-10/h1-6,15H. The zero-order valence-electron chi connectivity index (χ0n) is 7.61. The van der Waals surface area contributed by atoms with Gasteiger partial charge in [0.25, 0.3) is 0 Å². The first kappa shape index (κ1) is 9.58. The molecule has 0 saturated carbocycles. The molecule has 0 bridgehead atoms. The summed E-state index contributed by atoms with van der Waals surface area (Å²) in [5, 5.41) is 9.12. The molecule has 1 N–H and O–H groups in total. The van der Waals surface area contributed by atoms with Gasteiger partial charge in [-0.1, -0.05) is 6.07 Å². The van der Waals surface area contributed by atoms with Crippen LogP contribution >= 0.6 is 0 Å². The minimum absolute atomic E-state index is 0.0782. The predicted molar refractivity (Wildman–Crippen MR) is 51.3 cm³/mol. The molecule has 0 aliphatic rings. The molecule has 0 radical (unpaired) electrons. The quantitative estimate of drug-likeness (QED) is 0.779. The highest BCUT2D eigenvalue weighted by molar-refractivity contribution is 5.61. The first-order chi connectivity index (χ1) is 7.18. The fourth-order valence-electron chi connectivity index (χ4n) is 1.26. The Labute approximate surface area is 84.8 Å². The number of phenolic OH excluding ortho intramolecular Hbond substituents is 1. The molecule has 1 aromatic carbocycles. The first-order valence-electron chi connectivity index (χ1n) is 4.28. The molecule has 0 saturated heterocycles. The van der Waals surface area contributed by atoms with Crippen LogP contribution in [0.25, 0.3) is 11.3 Å². The zero-order valence-corrected chi connectivity index (χ0v) is 7.61. The number of aromatic hydroxyl groups is 1. The molecule has 0 atom stereocenters. The Bertz CT molecular complexity index is 485. The van der Waals surface area contributed by atoms with E-state index in [2.05, 4.69) is 4.98 Å². The largest absolute Gasteiger partial charge is 0.505 e. The molecule has 0 aliphatic heterocycles. The van der Waals surface area contributed by atoms with Crippen molar-refractivity contribution in [2.24, 2.45) is 0 Å². The van der Waals surface area contributed by atoms with Gasteiger partial charge in [0, 0.05) is 17.8 Å². The number of nitrogens with zero attached hydrogens (tertiary/aromatic N) is 1. The lowest BCUT2D eigenvalue weighted by Crippen LogP contribution is -1.89. The van der Waals surface area contributed by atoms with E-state index in [1.807, 2.05) is 0 Å². The van der Waals surface area contributed by atoms with Crippen molar-refractivity contribution in [1.82, 2.24) is 4.98 Å². The summed E-state index contributed by atoms with van der Waals surface area (Å²) in [6.07, 6.45) is 1.50. The van der Waals surface area contributed by atoms with Crippen LogP contribution in [0.2, 0.25) is 0 Å². The summed E-state index contributed by atoms with van der Waals surface area (Å²) in [5.41, 5.74) is 0.430. The second-order valence-electron chi connectivity index (χ2n) is 3.00. The van der Waals surface area contributed by atoms with E-state index in [-0.39, 0.29) is 5.56 Å². The molecule has 0 aliphatic carbocycles. The van der Waals surface area contributed by atoms with Gasteiger partial charge in [-0.3, -0.25) is 4.98 Å². The Balaban J connectivity index is 2.59. The van der Waals surface area contributed by atoms with E-state index in [0.717, 1.165) is 6.07 Å². The Morgan fingerprint density at radius 1 is 1.07 bits per heavy atom. The second kappa shape index (κ2) is 3.65. The van der Waals surface area contributed by atoms with Crippen LogP contribution in [0.3, 0.4) is 0 Å². The Hall–Kier alpha value is -1.97. The fourth-order valence-corrected chi connectivity index (χ4v) is 1.26. The summed E-state index contributed by atoms with van der Waals surface area (Å²) >= 11 is 0. The molecular weight excluding hydrogens is 200 g/mol. The predicted octanol–water partition coefficient (Wildman–Crippen LogP) is 2.73. The monoisotopic (exact) mass is 207 g/mol. The fraction of sp³-hybridized carbons (Fsp3) is 0. The van der Waals surface area contributed by atoms with Crippen molar-refractivity contribution in [3.8, 4) is 17.0 Å². The number of halogens is 2. The van der Waals surface area contributed by atoms with Crippen molar-refractivity contribution in [2.75, 3.05) is 0 Å². The van der Waals surface area contributed by atoms with Crippen molar-refractivity contribution < 1.29 is 13.9 Å². The van der Waals surface area contributed by atoms with Crippen LogP contribution in [-0.4, -0.2) is 10.1 Å². The molecule has 2 nitrogen and oxygen atoms in total. The lowest BCUT2D eigenvalue weighted by Gasteiger charge is -2.03. The van der Waals surface area contributed by atoms with Gasteiger partial charge in [0.05, 0.1) is 5.69 Å². The van der Waals surface area contributed by atoms with Crippen LogP contribution in [0.15, 0.2) is 36.5 Å². The van der Waals surface area contributed by atoms with Crippen molar-refractivity contribution in [3.63, 3.8) is 0 Å². The highest BCUT2D eigenvalue weighted by atomic mass is 19.1. The van der Waals surface area contributed by atoms with Gasteiger partial charge in [-0.05, 0) is 18.2 Å². The molecule has 1 heterocycles. The first-order valence-corrected chi connectivity index (χ1v) is 4.28. The van der Waals surface area contributed by atoms with Crippen molar-refractivity contribution in [1.29, 1.82) is 0 Å². The molecule has 2 aromatic rings. The summed E-state index contributed by atoms with van der Waals surface area (Å²) in [6, 6.07) is 6.61. The van der Waals surface area contributed by atoms with Crippen LogP contribution in [0, 0.1) is 11.6 Å². The summed E-state index contributed by atoms with van der Waals surface area (Å²) in [4.78, 5) is 3.91. The maximum absolute atomic E-state index is 13.3. The van der Waals surface area contributed by atoms with Gasteiger partial charge in [0.1, 0.15) is 5.82 Å². The number of rotatable bonds is 1. The van der Waals surface area contributed by atoms with Crippen LogP contribution in [0.1, 0.15) is 0 Å². The molecular formula is C11H7F2NO. The van der Waals surface area contributed by atoms with Crippen molar-refractivity contribution >= 4 is 0 Å². The van der Waals surface area contributed by atoms with E-state index in [1.165, 1.54) is 6.20 Å². The number of benzene rings is 1. The summed E-state index contributed by atoms with van der Waals surface area (Å²) in [7, 11) is 0. The van der Waals surface area contributed by atoms with E-state index in [4.69, 9.17) is 5.11 Å². The Morgan fingerprint density at radius 3 is 2.53 bits per heavy atom. The molecule has 1 aromatic heterocycles. The van der Waals surface area contributed by atoms with E-state index in [9.17, 15) is 8.78 Å². The average Bonchev–Trinajstić information content (AvgIpc) is 2.25. The third kappa shape index (κ3) is 1.79. The number of phenols is 1. The van der Waals surface area contributed by atoms with E-state index < -0.39 is 17.4 Å². The highest BCUT2D eigenvalue weighted by Crippen LogP contribution is 2.27. The molecule has 0 spiro atoms. The van der Waals surface area contributed by atoms with Gasteiger partial charge in [0.2, 0.25) is 0 Å². The third-order valence-electron chi connectivity index (χ3n) is 1.98. The van der Waals surface area contributed by atoms with Gasteiger partial charge in [0.15, 0.2) is 11.6 Å². The summed E-state index contributed by atoms with van der Waals surface area (Å²) < 4.78 is 26.1. The minimum Gasteiger partial charge on any atom is -0.505 e. The van der Waals surface area contributed by atoms with E-state index in [1.54, 1.807) is 18.2 Å². The minimum atomic E-state index is -0.979. The van der Waals surface area contributed by atoms with Crippen LogP contribution < -0.4 is 0 Å². The summed E-state index contributed by atoms with van der Waals surface area (Å²) in [6.45, 7) is 0. The van der Waals surface area contributed by atoms with Gasteiger partial charge in [-0.15, -0.1) is 0 Å². The molecule has 0 amide bonds. The van der Waals surface area contributed by atoms with Gasteiger partial charge in [-0.2, -0.15) is 0 Å². The Kier molecular flexibility index (Phi) is 2.33. The topological polar surface area (TPSA) is 33.1 Å². The van der Waals surface area contributed by atoms with Crippen molar-refractivity contribution in [2.45, 2.75) is 0 Å². The third-order valence-corrected chi connectivity index (χ3v) is 1.98. The second-order valence-corrected chi connectivity index (χ2v) is 3.00. The smallest absolute Gasteiger partial charge is 0.167 e. The molecule has 0 unspecified atom stereocenters. The average molecular weight is 207 g/mol. The number of pyridine rings is 1. The molecule has 76 valence electrons. The molecule has 2 rings (SSSR count). The van der Waals surface area contributed by atoms with E-state index in [0.29, 0.717) is 11.8 Å². The molecule has 0 fully saturated rings. The lowest BCUT2D eigenvalue weighted by atomic mass is 10.1. The number of hydrogen-bond donors (Lipinski definition) is 1.